The Kier molecular flexibility index (Phi) is 14.0. The molecule has 2 aliphatic rings. The van der Waals surface area contributed by atoms with Crippen LogP contribution >= 0.6 is 0 Å². The molecule has 2 N–H and O–H groups in total. The number of anilines is 2. The van der Waals surface area contributed by atoms with Gasteiger partial charge in [-0.2, -0.15) is 0 Å². The van der Waals surface area contributed by atoms with Gasteiger partial charge in [0.25, 0.3) is 0 Å². The molecule has 2 aromatic carbocycles. The molecule has 2 saturated heterocycles. The van der Waals surface area contributed by atoms with Crippen LogP contribution in [-0.2, 0) is 28.1 Å². The van der Waals surface area contributed by atoms with Gasteiger partial charge in [0, 0.05) is 16.9 Å². The lowest BCUT2D eigenvalue weighted by Gasteiger charge is -2.32. The molecule has 2 heterocycles. The first-order valence-electron chi connectivity index (χ1n) is 16.6. The van der Waals surface area contributed by atoms with Crippen LogP contribution in [0.15, 0.2) is 54.5 Å². The fourth-order valence-electron chi connectivity index (χ4n) is 3.96. The summed E-state index contributed by atoms with van der Waals surface area (Å²) in [6.07, 6.45) is 6.22. The van der Waals surface area contributed by atoms with Crippen molar-refractivity contribution < 1.29 is 37.7 Å². The van der Waals surface area contributed by atoms with E-state index in [4.69, 9.17) is 34.5 Å². The Labute approximate surface area is 300 Å². The predicted molar refractivity (Wildman–Crippen MR) is 202 cm³/mol. The Morgan fingerprint density at radius 1 is 0.740 bits per heavy atom. The molecule has 0 aromatic heterocycles. The van der Waals surface area contributed by atoms with E-state index in [0.29, 0.717) is 16.9 Å². The molecule has 271 valence electrons. The third kappa shape index (κ3) is 13.9. The number of nitrogens with one attached hydrogen (secondary N) is 2. The van der Waals surface area contributed by atoms with Gasteiger partial charge in [-0.15, -0.1) is 6.42 Å². The average molecular weight is 689 g/mol. The van der Waals surface area contributed by atoms with Crippen LogP contribution in [0, 0.1) is 12.3 Å². The Morgan fingerprint density at radius 2 is 1.18 bits per heavy atom. The Hall–Kier alpha value is -3.75. The van der Waals surface area contributed by atoms with Gasteiger partial charge in [-0.05, 0) is 133 Å². The second-order valence-corrected chi connectivity index (χ2v) is 15.9. The fourth-order valence-corrected chi connectivity index (χ4v) is 3.96. The van der Waals surface area contributed by atoms with Crippen molar-refractivity contribution in [1.29, 1.82) is 0 Å². The minimum absolute atomic E-state index is 0.187. The summed E-state index contributed by atoms with van der Waals surface area (Å²) in [7, 11) is 1.02. The SMILES string of the molecule is C#Cc1cccc(NC(=O)OC(C)(C)C)c1.CC(C)(C)OC(=O)Nc1cccc(/C=C/B2OC(C)(C)C(C)(C)O2)c1.CC1(C)O[B]OC1(C)C. The fraction of sp³-hybridized carbons (Fsp3) is 0.526. The zero-order chi connectivity index (χ0) is 38.2. The lowest BCUT2D eigenvalue weighted by atomic mass is 9.89. The van der Waals surface area contributed by atoms with Gasteiger partial charge < -0.3 is 28.1 Å². The molecule has 2 aromatic rings. The molecule has 2 fully saturated rings. The molecule has 0 aliphatic carbocycles. The topological polar surface area (TPSA) is 114 Å². The third-order valence-electron chi connectivity index (χ3n) is 8.06. The van der Waals surface area contributed by atoms with Gasteiger partial charge in [0.15, 0.2) is 0 Å². The maximum atomic E-state index is 11.9. The van der Waals surface area contributed by atoms with Gasteiger partial charge in [0.1, 0.15) is 11.2 Å². The lowest BCUT2D eigenvalue weighted by Crippen LogP contribution is -2.41. The number of hydrogen-bond acceptors (Lipinski definition) is 8. The van der Waals surface area contributed by atoms with Crippen LogP contribution in [0.25, 0.3) is 6.08 Å². The molecular formula is C38H55B2N2O8. The molecule has 50 heavy (non-hydrogen) atoms. The molecule has 0 spiro atoms. The van der Waals surface area contributed by atoms with E-state index in [2.05, 4.69) is 16.6 Å². The number of hydrogen-bond donors (Lipinski definition) is 2. The highest BCUT2D eigenvalue weighted by Crippen LogP contribution is 2.37. The van der Waals surface area contributed by atoms with Crippen molar-refractivity contribution in [3.63, 3.8) is 0 Å². The summed E-state index contributed by atoms with van der Waals surface area (Å²) < 4.78 is 32.7. The van der Waals surface area contributed by atoms with Crippen LogP contribution in [0.3, 0.4) is 0 Å². The molecule has 10 nitrogen and oxygen atoms in total. The van der Waals surface area contributed by atoms with Crippen LogP contribution < -0.4 is 10.6 Å². The van der Waals surface area contributed by atoms with Crippen LogP contribution in [0.4, 0.5) is 21.0 Å². The number of ether oxygens (including phenoxy) is 2. The quantitative estimate of drug-likeness (QED) is 0.242. The Morgan fingerprint density at radius 3 is 1.58 bits per heavy atom. The highest BCUT2D eigenvalue weighted by Gasteiger charge is 2.50. The molecule has 0 bridgehead atoms. The van der Waals surface area contributed by atoms with E-state index in [1.807, 2.05) is 133 Å². The molecular weight excluding hydrogens is 634 g/mol. The maximum absolute atomic E-state index is 11.9. The summed E-state index contributed by atoms with van der Waals surface area (Å²) in [5, 5.41) is 5.35. The Balaban J connectivity index is 0.000000294. The van der Waals surface area contributed by atoms with Crippen molar-refractivity contribution >= 4 is 44.4 Å². The Bertz CT molecular complexity index is 1500. The molecule has 0 atom stereocenters. The number of carbonyl (C=O) groups is 2. The van der Waals surface area contributed by atoms with E-state index < -0.39 is 30.5 Å². The maximum Gasteiger partial charge on any atom is 0.488 e. The third-order valence-corrected chi connectivity index (χ3v) is 8.06. The first kappa shape index (κ1) is 42.4. The number of carbonyl (C=O) groups excluding carboxylic acids is 2. The van der Waals surface area contributed by atoms with Crippen molar-refractivity contribution in [2.45, 2.75) is 131 Å². The minimum Gasteiger partial charge on any atom is -0.444 e. The summed E-state index contributed by atoms with van der Waals surface area (Å²) in [5.74, 6) is 4.37. The van der Waals surface area contributed by atoms with E-state index >= 15 is 0 Å². The first-order valence-corrected chi connectivity index (χ1v) is 16.6. The van der Waals surface area contributed by atoms with Crippen LogP contribution in [0.1, 0.15) is 108 Å². The van der Waals surface area contributed by atoms with E-state index in [1.165, 1.54) is 7.69 Å². The van der Waals surface area contributed by atoms with Gasteiger partial charge in [0.05, 0.1) is 22.4 Å². The highest BCUT2D eigenvalue weighted by atomic mass is 16.7. The van der Waals surface area contributed by atoms with Crippen molar-refractivity contribution in [2.75, 3.05) is 10.6 Å². The monoisotopic (exact) mass is 689 g/mol. The number of terminal acetylenes is 1. The zero-order valence-corrected chi connectivity index (χ0v) is 32.3. The minimum atomic E-state index is -0.529. The van der Waals surface area contributed by atoms with Gasteiger partial charge >= 0.3 is 27.0 Å². The lowest BCUT2D eigenvalue weighted by molar-refractivity contribution is 0.00578. The molecule has 0 unspecified atom stereocenters. The zero-order valence-electron chi connectivity index (χ0n) is 32.3. The van der Waals surface area contributed by atoms with E-state index in [1.54, 1.807) is 24.3 Å². The molecule has 2 aliphatic heterocycles. The smallest absolute Gasteiger partial charge is 0.444 e. The second-order valence-electron chi connectivity index (χ2n) is 15.9. The summed E-state index contributed by atoms with van der Waals surface area (Å²) in [6, 6.07) is 14.5. The largest absolute Gasteiger partial charge is 0.488 e. The number of rotatable bonds is 4. The van der Waals surface area contributed by atoms with Crippen molar-refractivity contribution in [3.05, 3.63) is 65.6 Å². The molecule has 0 saturated carbocycles. The van der Waals surface area contributed by atoms with Crippen LogP contribution in [0.5, 0.6) is 0 Å². The molecule has 4 rings (SSSR count). The summed E-state index contributed by atoms with van der Waals surface area (Å²) in [4.78, 5) is 23.3. The normalized spacial score (nSPS) is 18.3. The second kappa shape index (κ2) is 16.5. The van der Waals surface area contributed by atoms with Gasteiger partial charge in [-0.25, -0.2) is 9.59 Å². The summed E-state index contributed by atoms with van der Waals surface area (Å²) >= 11 is 0. The van der Waals surface area contributed by atoms with Crippen LogP contribution in [0.2, 0.25) is 0 Å². The number of benzene rings is 2. The van der Waals surface area contributed by atoms with Crippen LogP contribution in [-0.4, -0.2) is 60.6 Å². The molecule has 2 amide bonds. The van der Waals surface area contributed by atoms with Crippen molar-refractivity contribution in [1.82, 2.24) is 0 Å². The van der Waals surface area contributed by atoms with Crippen molar-refractivity contribution in [2.24, 2.45) is 0 Å². The molecule has 1 radical (unpaired) electrons. The standard InChI is InChI=1S/C19H28BNO4.C13H15NO2.C6H12BO2/c1-17(2,3)23-16(22)21-15-10-8-9-14(13-15)11-12-20-24-18(4,5)19(6,7)25-20;1-5-10-7-6-8-11(9-10)14-12(15)16-13(2,3)4;1-5(2)6(3,4)9-7-8-5/h8-13H,1-7H3,(H,21,22);1,6-9H,2-4H3,(H,14,15);1-4H3/b12-11+;;. The number of amides is 2. The van der Waals surface area contributed by atoms with E-state index in [0.717, 1.165) is 5.56 Å². The van der Waals surface area contributed by atoms with E-state index in [9.17, 15) is 9.59 Å². The predicted octanol–water partition coefficient (Wildman–Crippen LogP) is 8.82. The van der Waals surface area contributed by atoms with E-state index in [-0.39, 0.29) is 22.4 Å². The first-order chi connectivity index (χ1) is 22.7. The summed E-state index contributed by atoms with van der Waals surface area (Å²) in [5.41, 5.74) is 0.822. The van der Waals surface area contributed by atoms with Gasteiger partial charge in [0.2, 0.25) is 0 Å². The summed E-state index contributed by atoms with van der Waals surface area (Å²) in [6.45, 7) is 27.0. The van der Waals surface area contributed by atoms with Gasteiger partial charge in [-0.1, -0.05) is 36.2 Å². The van der Waals surface area contributed by atoms with Crippen molar-refractivity contribution in [3.8, 4) is 12.3 Å². The van der Waals surface area contributed by atoms with Gasteiger partial charge in [-0.3, -0.25) is 10.6 Å². The molecule has 12 heteroatoms. The average Bonchev–Trinajstić information content (AvgIpc) is 3.32. The highest BCUT2D eigenvalue weighted by molar-refractivity contribution is 6.52.